The molecule has 1 aliphatic heterocycles. The average molecular weight is 289 g/mol. The molecule has 1 aliphatic carbocycles. The summed E-state index contributed by atoms with van der Waals surface area (Å²) in [5.41, 5.74) is 1.24. The minimum Gasteiger partial charge on any atom is -0.372 e. The van der Waals surface area contributed by atoms with Gasteiger partial charge in [0.15, 0.2) is 0 Å². The maximum absolute atomic E-state index is 5.98. The summed E-state index contributed by atoms with van der Waals surface area (Å²) in [6, 6.07) is 2.11. The number of rotatable bonds is 6. The van der Waals surface area contributed by atoms with E-state index in [0.29, 0.717) is 5.92 Å². The van der Waals surface area contributed by atoms with Gasteiger partial charge < -0.3 is 10.1 Å². The van der Waals surface area contributed by atoms with E-state index in [4.69, 9.17) is 4.74 Å². The molecule has 1 aromatic heterocycles. The zero-order valence-electron chi connectivity index (χ0n) is 13.0. The molecular weight excluding hydrogens is 262 g/mol. The highest BCUT2D eigenvalue weighted by Gasteiger charge is 2.31. The van der Waals surface area contributed by atoms with Crippen LogP contribution in [0.3, 0.4) is 0 Å². The quantitative estimate of drug-likeness (QED) is 0.818. The molecule has 1 aromatic rings. The van der Waals surface area contributed by atoms with Crippen LogP contribution in [-0.4, -0.2) is 29.5 Å². The Labute approximate surface area is 127 Å². The fraction of sp³-hybridized carbons (Fsp3) is 0.706. The predicted molar refractivity (Wildman–Crippen MR) is 84.1 cm³/mol. The van der Waals surface area contributed by atoms with Gasteiger partial charge in [-0.2, -0.15) is 5.10 Å². The Kier molecular flexibility index (Phi) is 5.09. The number of hydrogen-bond acceptors (Lipinski definition) is 3. The Hall–Kier alpha value is -1.13. The summed E-state index contributed by atoms with van der Waals surface area (Å²) in [6.07, 6.45) is 11.7. The first-order valence-electron chi connectivity index (χ1n) is 8.37. The van der Waals surface area contributed by atoms with Crippen LogP contribution < -0.4 is 5.32 Å². The van der Waals surface area contributed by atoms with Crippen LogP contribution in [-0.2, 0) is 11.3 Å². The largest absolute Gasteiger partial charge is 0.372 e. The van der Waals surface area contributed by atoms with Crippen molar-refractivity contribution < 1.29 is 4.74 Å². The number of ether oxygens (including phenoxy) is 1. The minimum absolute atomic E-state index is 0.214. The highest BCUT2D eigenvalue weighted by molar-refractivity contribution is 5.08. The molecule has 4 nitrogen and oxygen atoms in total. The third-order valence-electron chi connectivity index (χ3n) is 4.77. The van der Waals surface area contributed by atoms with Crippen molar-refractivity contribution in [2.75, 3.05) is 19.7 Å². The molecule has 3 rings (SSSR count). The van der Waals surface area contributed by atoms with Crippen molar-refractivity contribution in [2.45, 2.75) is 45.3 Å². The van der Waals surface area contributed by atoms with Gasteiger partial charge in [-0.25, -0.2) is 0 Å². The highest BCUT2D eigenvalue weighted by Crippen LogP contribution is 2.34. The van der Waals surface area contributed by atoms with E-state index < -0.39 is 0 Å². The lowest BCUT2D eigenvalue weighted by Crippen LogP contribution is -2.30. The number of nitrogens with one attached hydrogen (secondary N) is 1. The summed E-state index contributed by atoms with van der Waals surface area (Å²) < 4.78 is 8.05. The van der Waals surface area contributed by atoms with Gasteiger partial charge in [0.25, 0.3) is 0 Å². The SMILES string of the molecule is CCn1nccc1[C@@H]1OCC[C@H]1CNCC1CC=CCC1. The maximum Gasteiger partial charge on any atom is 0.103 e. The summed E-state index contributed by atoms with van der Waals surface area (Å²) in [5, 5.41) is 8.06. The zero-order chi connectivity index (χ0) is 14.5. The Bertz CT molecular complexity index is 468. The van der Waals surface area contributed by atoms with Gasteiger partial charge in [0, 0.05) is 31.8 Å². The van der Waals surface area contributed by atoms with Crippen molar-refractivity contribution in [1.29, 1.82) is 0 Å². The number of aromatic nitrogens is 2. The van der Waals surface area contributed by atoms with E-state index in [1.54, 1.807) is 0 Å². The summed E-state index contributed by atoms with van der Waals surface area (Å²) in [6.45, 7) is 6.12. The van der Waals surface area contributed by atoms with E-state index in [1.165, 1.54) is 25.0 Å². The van der Waals surface area contributed by atoms with Crippen molar-refractivity contribution in [3.05, 3.63) is 30.1 Å². The van der Waals surface area contributed by atoms with Gasteiger partial charge in [0.1, 0.15) is 6.10 Å². The van der Waals surface area contributed by atoms with Crippen molar-refractivity contribution in [3.63, 3.8) is 0 Å². The van der Waals surface area contributed by atoms with Crippen LogP contribution in [0.2, 0.25) is 0 Å². The molecule has 1 fully saturated rings. The Morgan fingerprint density at radius 3 is 3.10 bits per heavy atom. The van der Waals surface area contributed by atoms with Crippen molar-refractivity contribution >= 4 is 0 Å². The monoisotopic (exact) mass is 289 g/mol. The fourth-order valence-corrected chi connectivity index (χ4v) is 3.53. The molecule has 0 spiro atoms. The molecule has 2 heterocycles. The first kappa shape index (κ1) is 14.8. The molecule has 0 saturated carbocycles. The molecule has 0 radical (unpaired) electrons. The van der Waals surface area contributed by atoms with Gasteiger partial charge >= 0.3 is 0 Å². The van der Waals surface area contributed by atoms with Crippen LogP contribution in [0.5, 0.6) is 0 Å². The van der Waals surface area contributed by atoms with E-state index in [0.717, 1.165) is 38.6 Å². The lowest BCUT2D eigenvalue weighted by atomic mass is 9.93. The average Bonchev–Trinajstić information content (AvgIpc) is 3.16. The first-order chi connectivity index (χ1) is 10.4. The van der Waals surface area contributed by atoms with Crippen LogP contribution in [0.15, 0.2) is 24.4 Å². The predicted octanol–water partition coefficient (Wildman–Crippen LogP) is 2.93. The lowest BCUT2D eigenvalue weighted by molar-refractivity contribution is 0.0828. The van der Waals surface area contributed by atoms with Gasteiger partial charge in [-0.15, -0.1) is 0 Å². The van der Waals surface area contributed by atoms with E-state index in [9.17, 15) is 0 Å². The second kappa shape index (κ2) is 7.23. The fourth-order valence-electron chi connectivity index (χ4n) is 3.53. The van der Waals surface area contributed by atoms with Crippen LogP contribution in [0, 0.1) is 11.8 Å². The molecule has 4 heteroatoms. The van der Waals surface area contributed by atoms with E-state index in [1.807, 2.05) is 6.20 Å². The molecule has 1 N–H and O–H groups in total. The molecule has 1 saturated heterocycles. The molecule has 0 amide bonds. The molecule has 0 aromatic carbocycles. The first-order valence-corrected chi connectivity index (χ1v) is 8.37. The minimum atomic E-state index is 0.214. The Morgan fingerprint density at radius 1 is 1.33 bits per heavy atom. The van der Waals surface area contributed by atoms with E-state index >= 15 is 0 Å². The van der Waals surface area contributed by atoms with Gasteiger partial charge in [-0.3, -0.25) is 4.68 Å². The van der Waals surface area contributed by atoms with Crippen molar-refractivity contribution in [1.82, 2.24) is 15.1 Å². The van der Waals surface area contributed by atoms with Crippen molar-refractivity contribution in [3.8, 4) is 0 Å². The molecule has 3 atom stereocenters. The molecule has 21 heavy (non-hydrogen) atoms. The third-order valence-corrected chi connectivity index (χ3v) is 4.77. The third kappa shape index (κ3) is 3.55. The van der Waals surface area contributed by atoms with Gasteiger partial charge in [-0.05, 0) is 51.1 Å². The maximum atomic E-state index is 5.98. The van der Waals surface area contributed by atoms with Crippen LogP contribution in [0.25, 0.3) is 0 Å². The molecule has 2 aliphatic rings. The van der Waals surface area contributed by atoms with Crippen LogP contribution >= 0.6 is 0 Å². The zero-order valence-corrected chi connectivity index (χ0v) is 13.0. The summed E-state index contributed by atoms with van der Waals surface area (Å²) in [4.78, 5) is 0. The second-order valence-electron chi connectivity index (χ2n) is 6.22. The number of hydrogen-bond donors (Lipinski definition) is 1. The molecular formula is C17H27N3O. The van der Waals surface area contributed by atoms with E-state index in [2.05, 4.69) is 40.2 Å². The summed E-state index contributed by atoms with van der Waals surface area (Å²) in [5.74, 6) is 1.39. The smallest absolute Gasteiger partial charge is 0.103 e. The number of aryl methyl sites for hydroxylation is 1. The Morgan fingerprint density at radius 2 is 2.29 bits per heavy atom. The van der Waals surface area contributed by atoms with Gasteiger partial charge in [0.2, 0.25) is 0 Å². The number of nitrogens with zero attached hydrogens (tertiary/aromatic N) is 2. The summed E-state index contributed by atoms with van der Waals surface area (Å²) >= 11 is 0. The van der Waals surface area contributed by atoms with Crippen molar-refractivity contribution in [2.24, 2.45) is 11.8 Å². The van der Waals surface area contributed by atoms with Crippen LogP contribution in [0.4, 0.5) is 0 Å². The topological polar surface area (TPSA) is 39.1 Å². The van der Waals surface area contributed by atoms with Crippen LogP contribution in [0.1, 0.15) is 44.4 Å². The second-order valence-corrected chi connectivity index (χ2v) is 6.22. The molecule has 116 valence electrons. The highest BCUT2D eigenvalue weighted by atomic mass is 16.5. The van der Waals surface area contributed by atoms with Gasteiger partial charge in [-0.1, -0.05) is 12.2 Å². The van der Waals surface area contributed by atoms with E-state index in [-0.39, 0.29) is 6.10 Å². The number of allylic oxidation sites excluding steroid dienone is 2. The van der Waals surface area contributed by atoms with Gasteiger partial charge in [0.05, 0.1) is 5.69 Å². The molecule has 0 bridgehead atoms. The molecule has 1 unspecified atom stereocenters. The standard InChI is InChI=1S/C17H27N3O/c1-2-20-16(8-10-19-20)17-15(9-11-21-17)13-18-12-14-6-4-3-5-7-14/h3-4,8,10,14-15,17-18H,2,5-7,9,11-13H2,1H3/t14?,15-,17+/m0/s1. The normalized spacial score (nSPS) is 29.1. The summed E-state index contributed by atoms with van der Waals surface area (Å²) in [7, 11) is 0. The lowest BCUT2D eigenvalue weighted by Gasteiger charge is -2.22. The Balaban J connectivity index is 1.51.